The number of nitrogens with one attached hydrogen (secondary N) is 4. The van der Waals surface area contributed by atoms with Crippen molar-refractivity contribution >= 4 is 52.8 Å². The number of hydrogen-bond donors (Lipinski definition) is 7. The Labute approximate surface area is 317 Å². The summed E-state index contributed by atoms with van der Waals surface area (Å²) in [5, 5.41) is 36.8. The van der Waals surface area contributed by atoms with Crippen LogP contribution in [0.1, 0.15) is 52.1 Å². The molecule has 4 aliphatic rings. The monoisotopic (exact) mass is 753 g/mol. The molecule has 3 aromatic heterocycles. The topological polar surface area (TPSA) is 247 Å². The highest BCUT2D eigenvalue weighted by molar-refractivity contribution is 6.04. The number of allylic oxidation sites excluding steroid dienone is 1. The quantitative estimate of drug-likeness (QED) is 0.115. The Balaban J connectivity index is 1.26. The Morgan fingerprint density at radius 1 is 1.29 bits per heavy atom. The number of amides is 1. The number of H-pyrrole nitrogens is 1. The van der Waals surface area contributed by atoms with Gasteiger partial charge in [-0.2, -0.15) is 10.1 Å². The normalized spacial score (nSPS) is 29.5. The van der Waals surface area contributed by atoms with Crippen LogP contribution in [0.25, 0.3) is 17.1 Å². The van der Waals surface area contributed by atoms with Crippen LogP contribution in [0.5, 0.6) is 0 Å². The van der Waals surface area contributed by atoms with Crippen LogP contribution in [-0.2, 0) is 21.4 Å². The highest BCUT2D eigenvalue weighted by atomic mass is 16.5. The van der Waals surface area contributed by atoms with E-state index in [1.807, 2.05) is 19.1 Å². The van der Waals surface area contributed by atoms with E-state index >= 15 is 0 Å². The van der Waals surface area contributed by atoms with Crippen LogP contribution in [0.15, 0.2) is 68.7 Å². The first-order chi connectivity index (χ1) is 26.2. The summed E-state index contributed by atoms with van der Waals surface area (Å²) < 4.78 is 7.24. The van der Waals surface area contributed by atoms with Crippen LogP contribution in [-0.4, -0.2) is 96.4 Å². The number of fused-ring (bicyclic) bond motifs is 2. The first-order valence-corrected chi connectivity index (χ1v) is 18.4. The zero-order valence-corrected chi connectivity index (χ0v) is 31.2. The van der Waals surface area contributed by atoms with Crippen molar-refractivity contribution in [2.45, 2.75) is 70.7 Å². The van der Waals surface area contributed by atoms with Crippen molar-refractivity contribution in [3.63, 3.8) is 0 Å². The number of carbonyl (C=O) groups is 2. The summed E-state index contributed by atoms with van der Waals surface area (Å²) in [6, 6.07) is 3.77. The van der Waals surface area contributed by atoms with Gasteiger partial charge in [-0.3, -0.25) is 20.4 Å². The lowest BCUT2D eigenvalue weighted by Crippen LogP contribution is -2.62. The van der Waals surface area contributed by atoms with Crippen molar-refractivity contribution in [3.05, 3.63) is 70.1 Å². The lowest BCUT2D eigenvalue weighted by Gasteiger charge is -2.62. The van der Waals surface area contributed by atoms with E-state index in [0.717, 1.165) is 5.57 Å². The Morgan fingerprint density at radius 3 is 2.80 bits per heavy atom. The summed E-state index contributed by atoms with van der Waals surface area (Å²) in [5.41, 5.74) is 6.05. The van der Waals surface area contributed by atoms with E-state index in [4.69, 9.17) is 10.5 Å². The number of nitrogens with two attached hydrogens (primary N) is 1. The first-order valence-electron chi connectivity index (χ1n) is 18.4. The van der Waals surface area contributed by atoms with Gasteiger partial charge in [0.05, 0.1) is 42.3 Å². The number of ether oxygens (including phenoxy) is 1. The molecule has 0 aromatic carbocycles. The number of nitrogens with zero attached hydrogens (tertiary/aromatic N) is 6. The maximum Gasteiger partial charge on any atom is 0.348 e. The van der Waals surface area contributed by atoms with Gasteiger partial charge in [0.2, 0.25) is 11.9 Å². The second-order valence-corrected chi connectivity index (χ2v) is 15.4. The average Bonchev–Trinajstić information content (AvgIpc) is 3.88. The van der Waals surface area contributed by atoms with Crippen LogP contribution in [0.2, 0.25) is 0 Å². The average molecular weight is 754 g/mol. The molecule has 55 heavy (non-hydrogen) atoms. The molecule has 0 radical (unpaired) electrons. The summed E-state index contributed by atoms with van der Waals surface area (Å²) in [5.74, 6) is -0.243. The fourth-order valence-electron chi connectivity index (χ4n) is 9.03. The maximum absolute atomic E-state index is 13.8. The third-order valence-corrected chi connectivity index (χ3v) is 12.0. The SMILES string of the molecule is C=C1C(NC(C)C(=O)NC2=NCC=N2)CC2[C@](C)(CC[C@@H](O)[C@@]2(C)CO)C1CC(Nc1ccccn1)C1=C/C(=C\c2nn(C)c3nc(=O)[nH]c(N)c23)OC1=O. The van der Waals surface area contributed by atoms with Crippen molar-refractivity contribution in [2.75, 3.05) is 24.2 Å². The number of aromatic amines is 1. The Hall–Kier alpha value is -5.52. The number of rotatable bonds is 10. The number of esters is 1. The van der Waals surface area contributed by atoms with Crippen molar-refractivity contribution in [1.29, 1.82) is 0 Å². The number of cyclic esters (lactones) is 1. The zero-order valence-electron chi connectivity index (χ0n) is 31.2. The van der Waals surface area contributed by atoms with Gasteiger partial charge < -0.3 is 26.0 Å². The van der Waals surface area contributed by atoms with Crippen LogP contribution in [0.4, 0.5) is 11.6 Å². The van der Waals surface area contributed by atoms with Crippen molar-refractivity contribution in [3.8, 4) is 0 Å². The number of aryl methyl sites for hydroxylation is 1. The largest absolute Gasteiger partial charge is 0.423 e. The lowest BCUT2D eigenvalue weighted by molar-refractivity contribution is -0.156. The van der Waals surface area contributed by atoms with Crippen LogP contribution >= 0.6 is 0 Å². The number of anilines is 2. The number of pyridine rings is 1. The number of carbonyl (C=O) groups excluding carboxylic acids is 2. The highest BCUT2D eigenvalue weighted by Gasteiger charge is 2.60. The van der Waals surface area contributed by atoms with Crippen molar-refractivity contribution in [1.82, 2.24) is 35.4 Å². The van der Waals surface area contributed by atoms with Gasteiger partial charge in [-0.15, -0.1) is 0 Å². The van der Waals surface area contributed by atoms with E-state index in [0.29, 0.717) is 54.7 Å². The Kier molecular flexibility index (Phi) is 10.0. The molecule has 17 nitrogen and oxygen atoms in total. The van der Waals surface area contributed by atoms with Crippen LogP contribution < -0.4 is 27.4 Å². The van der Waals surface area contributed by atoms with E-state index in [1.54, 1.807) is 44.6 Å². The molecular weight excluding hydrogens is 706 g/mol. The Bertz CT molecular complexity index is 2210. The molecule has 3 aromatic rings. The standard InChI is InChI=1S/C38H47N11O6/c1-19-23(37(3)10-9-28(51)38(4,18-50)27(37)17-24(19)43-20(2)33(52)47-35-41-12-13-42-35)16-25(44-29-8-6-7-11-40-29)22-14-21(55-34(22)53)15-26-30-31(39)45-36(54)46-32(30)49(5)48-26/h6-8,11-12,14-15,20,23-25,27-28,43,50-51H,1,9-10,13,16-18H2,2-5H3,(H,40,44)(H,42,47,52)(H3,39,45,46,54)/b21-15+/t20?,23?,24?,25?,27?,28-,37-,38+/m1/s1. The van der Waals surface area contributed by atoms with Gasteiger partial charge in [-0.05, 0) is 68.1 Å². The highest BCUT2D eigenvalue weighted by Crippen LogP contribution is 2.62. The molecule has 2 fully saturated rings. The first kappa shape index (κ1) is 37.8. The van der Waals surface area contributed by atoms with Crippen LogP contribution in [0.3, 0.4) is 0 Å². The summed E-state index contributed by atoms with van der Waals surface area (Å²) in [4.78, 5) is 58.3. The van der Waals surface area contributed by atoms with E-state index in [9.17, 15) is 24.6 Å². The molecule has 2 aliphatic heterocycles. The molecule has 7 rings (SSSR count). The molecule has 5 heterocycles. The molecule has 8 atom stereocenters. The van der Waals surface area contributed by atoms with Gasteiger partial charge in [0.15, 0.2) is 5.65 Å². The lowest BCUT2D eigenvalue weighted by atomic mass is 9.45. The third-order valence-electron chi connectivity index (χ3n) is 12.0. The number of guanidine groups is 1. The molecule has 5 unspecified atom stereocenters. The van der Waals surface area contributed by atoms with Crippen molar-refractivity contribution in [2.24, 2.45) is 39.7 Å². The minimum atomic E-state index is -0.845. The van der Waals surface area contributed by atoms with Crippen LogP contribution in [0, 0.1) is 22.7 Å². The molecule has 17 heteroatoms. The summed E-state index contributed by atoms with van der Waals surface area (Å²) in [6.45, 7) is 10.7. The second kappa shape index (κ2) is 14.6. The van der Waals surface area contributed by atoms with Gasteiger partial charge in [-0.25, -0.2) is 29.2 Å². The molecule has 0 bridgehead atoms. The number of nitrogen functional groups attached to an aromatic ring is 1. The summed E-state index contributed by atoms with van der Waals surface area (Å²) in [7, 11) is 1.64. The third kappa shape index (κ3) is 6.98. The minimum absolute atomic E-state index is 0.0834. The predicted molar refractivity (Wildman–Crippen MR) is 207 cm³/mol. The number of aliphatic imine (C=N–C) groups is 2. The van der Waals surface area contributed by atoms with Gasteiger partial charge in [0, 0.05) is 37.0 Å². The number of aromatic nitrogens is 5. The van der Waals surface area contributed by atoms with Crippen molar-refractivity contribution < 1.29 is 24.5 Å². The Morgan fingerprint density at radius 2 is 2.09 bits per heavy atom. The van der Waals surface area contributed by atoms with Gasteiger partial charge in [0.25, 0.3) is 0 Å². The molecule has 8 N–H and O–H groups in total. The van der Waals surface area contributed by atoms with E-state index in [1.165, 1.54) is 4.68 Å². The maximum atomic E-state index is 13.8. The molecule has 0 spiro atoms. The fourth-order valence-corrected chi connectivity index (χ4v) is 9.03. The second-order valence-electron chi connectivity index (χ2n) is 15.4. The van der Waals surface area contributed by atoms with Gasteiger partial charge in [-0.1, -0.05) is 32.1 Å². The minimum Gasteiger partial charge on any atom is -0.423 e. The molecule has 2 aliphatic carbocycles. The van der Waals surface area contributed by atoms with Gasteiger partial charge in [0.1, 0.15) is 23.1 Å². The molecule has 1 amide bonds. The number of aliphatic hydroxyl groups excluding tert-OH is 2. The predicted octanol–water partition coefficient (Wildman–Crippen LogP) is 1.58. The zero-order chi connectivity index (χ0) is 39.2. The molecule has 290 valence electrons. The van der Waals surface area contributed by atoms with Gasteiger partial charge >= 0.3 is 11.7 Å². The number of aliphatic hydroxyl groups is 2. The number of hydrogen-bond acceptors (Lipinski definition) is 14. The molecule has 2 saturated carbocycles. The van der Waals surface area contributed by atoms with E-state index in [2.05, 4.69) is 59.5 Å². The molecule has 0 saturated heterocycles. The summed E-state index contributed by atoms with van der Waals surface area (Å²) >= 11 is 0. The summed E-state index contributed by atoms with van der Waals surface area (Å²) in [6.07, 6.45) is 7.77. The fraction of sp³-hybridized carbons (Fsp3) is 0.474. The molecular formula is C38H47N11O6. The van der Waals surface area contributed by atoms with E-state index in [-0.39, 0.29) is 53.6 Å². The van der Waals surface area contributed by atoms with E-state index < -0.39 is 40.7 Å². The smallest absolute Gasteiger partial charge is 0.348 e.